The summed E-state index contributed by atoms with van der Waals surface area (Å²) in [5.41, 5.74) is 3.81. The Morgan fingerprint density at radius 3 is 1.97 bits per heavy atom. The predicted octanol–water partition coefficient (Wildman–Crippen LogP) is 9.61. The molecule has 0 unspecified atom stereocenters. The van der Waals surface area contributed by atoms with Crippen LogP contribution in [0.5, 0.6) is 0 Å². The average Bonchev–Trinajstić information content (AvgIpc) is 3.27. The average molecular weight is 489 g/mol. The Morgan fingerprint density at radius 2 is 1.32 bits per heavy atom. The van der Waals surface area contributed by atoms with Crippen molar-refractivity contribution in [2.24, 2.45) is 21.1 Å². The Labute approximate surface area is 218 Å². The maximum atomic E-state index is 13.6. The molecule has 1 aliphatic rings. The van der Waals surface area contributed by atoms with Crippen molar-refractivity contribution < 1.29 is 9.21 Å². The lowest BCUT2D eigenvalue weighted by molar-refractivity contribution is -0.114. The molecule has 0 atom stereocenters. The second kappa shape index (κ2) is 9.11. The molecule has 0 spiro atoms. The van der Waals surface area contributed by atoms with E-state index in [0.29, 0.717) is 11.5 Å². The van der Waals surface area contributed by atoms with Gasteiger partial charge < -0.3 is 4.42 Å². The SMILES string of the molecule is CC(C)(C)C1=CC(=C(N=Nc2cccc3ccccc23)c2cc3ccccc3o2)C=C(C(C)(C)C)C1=O. The fourth-order valence-corrected chi connectivity index (χ4v) is 4.63. The zero-order valence-corrected chi connectivity index (χ0v) is 22.3. The van der Waals surface area contributed by atoms with Gasteiger partial charge >= 0.3 is 0 Å². The largest absolute Gasteiger partial charge is 0.454 e. The van der Waals surface area contributed by atoms with Crippen LogP contribution in [0.2, 0.25) is 0 Å². The van der Waals surface area contributed by atoms with Crippen LogP contribution in [-0.4, -0.2) is 5.78 Å². The van der Waals surface area contributed by atoms with Crippen molar-refractivity contribution in [2.45, 2.75) is 41.5 Å². The van der Waals surface area contributed by atoms with E-state index in [9.17, 15) is 4.79 Å². The van der Waals surface area contributed by atoms with E-state index < -0.39 is 0 Å². The molecule has 0 N–H and O–H groups in total. The first kappa shape index (κ1) is 24.6. The van der Waals surface area contributed by atoms with E-state index in [4.69, 9.17) is 14.6 Å². The van der Waals surface area contributed by atoms with Crippen molar-refractivity contribution in [3.8, 4) is 0 Å². The zero-order chi connectivity index (χ0) is 26.4. The second-order valence-corrected chi connectivity index (χ2v) is 11.6. The fourth-order valence-electron chi connectivity index (χ4n) is 4.63. The Morgan fingerprint density at radius 1 is 0.730 bits per heavy atom. The lowest BCUT2D eigenvalue weighted by atomic mass is 9.71. The van der Waals surface area contributed by atoms with Crippen LogP contribution in [0.4, 0.5) is 5.69 Å². The van der Waals surface area contributed by atoms with Gasteiger partial charge in [0.25, 0.3) is 0 Å². The second-order valence-electron chi connectivity index (χ2n) is 11.6. The summed E-state index contributed by atoms with van der Waals surface area (Å²) in [5, 5.41) is 12.6. The maximum Gasteiger partial charge on any atom is 0.186 e. The Hall–Kier alpha value is -4.05. The van der Waals surface area contributed by atoms with Gasteiger partial charge in [0.05, 0.1) is 5.69 Å². The quantitative estimate of drug-likeness (QED) is 0.270. The van der Waals surface area contributed by atoms with E-state index in [1.807, 2.05) is 72.8 Å². The van der Waals surface area contributed by atoms with Gasteiger partial charge in [0.15, 0.2) is 11.5 Å². The lowest BCUT2D eigenvalue weighted by Gasteiger charge is -2.31. The maximum absolute atomic E-state index is 13.6. The molecule has 0 bridgehead atoms. The van der Waals surface area contributed by atoms with Gasteiger partial charge in [0, 0.05) is 27.5 Å². The van der Waals surface area contributed by atoms with Crippen LogP contribution in [0.15, 0.2) is 116 Å². The minimum absolute atomic E-state index is 0.0821. The van der Waals surface area contributed by atoms with Crippen LogP contribution in [0.1, 0.15) is 47.3 Å². The normalized spacial score (nSPS) is 15.0. The van der Waals surface area contributed by atoms with E-state index in [-0.39, 0.29) is 16.6 Å². The molecular formula is C33H32N2O2. The third-order valence-electron chi connectivity index (χ3n) is 6.66. The van der Waals surface area contributed by atoms with Gasteiger partial charge in [0.2, 0.25) is 0 Å². The molecule has 0 fully saturated rings. The number of fused-ring (bicyclic) bond motifs is 2. The molecule has 4 aromatic rings. The third-order valence-corrected chi connectivity index (χ3v) is 6.66. The molecular weight excluding hydrogens is 456 g/mol. The molecule has 0 radical (unpaired) electrons. The smallest absolute Gasteiger partial charge is 0.186 e. The first-order valence-electron chi connectivity index (χ1n) is 12.6. The molecule has 0 amide bonds. The first-order valence-corrected chi connectivity index (χ1v) is 12.6. The predicted molar refractivity (Wildman–Crippen MR) is 152 cm³/mol. The van der Waals surface area contributed by atoms with Crippen LogP contribution in [0, 0.1) is 10.8 Å². The summed E-state index contributed by atoms with van der Waals surface area (Å²) in [6.45, 7) is 12.4. The highest BCUT2D eigenvalue weighted by molar-refractivity contribution is 6.12. The molecule has 1 aliphatic carbocycles. The number of hydrogen-bond donors (Lipinski definition) is 0. The minimum Gasteiger partial charge on any atom is -0.454 e. The molecule has 4 heteroatoms. The number of nitrogens with zero attached hydrogens (tertiary/aromatic N) is 2. The highest BCUT2D eigenvalue weighted by Crippen LogP contribution is 2.41. The van der Waals surface area contributed by atoms with E-state index in [1.165, 1.54) is 0 Å². The molecule has 0 aliphatic heterocycles. The van der Waals surface area contributed by atoms with Crippen LogP contribution < -0.4 is 0 Å². The first-order chi connectivity index (χ1) is 17.5. The summed E-state index contributed by atoms with van der Waals surface area (Å²) in [7, 11) is 0. The highest BCUT2D eigenvalue weighted by Gasteiger charge is 2.35. The van der Waals surface area contributed by atoms with Crippen molar-refractivity contribution in [1.29, 1.82) is 0 Å². The van der Waals surface area contributed by atoms with Crippen molar-refractivity contribution in [3.05, 3.63) is 107 Å². The molecule has 5 rings (SSSR count). The monoisotopic (exact) mass is 488 g/mol. The van der Waals surface area contributed by atoms with Crippen LogP contribution >= 0.6 is 0 Å². The van der Waals surface area contributed by atoms with Crippen molar-refractivity contribution >= 4 is 38.9 Å². The standard InChI is InChI=1S/C33H32N2O2/c1-32(2,3)25-18-23(19-26(31(25)36)33(4,5)6)30(29-20-22-13-8-10-17-28(22)37-29)35-34-27-16-11-14-21-12-7-9-15-24(21)27/h7-20H,1-6H3. The summed E-state index contributed by atoms with van der Waals surface area (Å²) < 4.78 is 6.27. The minimum atomic E-state index is -0.334. The van der Waals surface area contributed by atoms with Gasteiger partial charge in [-0.05, 0) is 46.6 Å². The molecule has 37 heavy (non-hydrogen) atoms. The number of benzene rings is 3. The number of azo groups is 1. The summed E-state index contributed by atoms with van der Waals surface area (Å²) >= 11 is 0. The van der Waals surface area contributed by atoms with Gasteiger partial charge in [-0.15, -0.1) is 10.2 Å². The van der Waals surface area contributed by atoms with E-state index in [1.54, 1.807) is 0 Å². The van der Waals surface area contributed by atoms with Crippen molar-refractivity contribution in [2.75, 3.05) is 0 Å². The summed E-state index contributed by atoms with van der Waals surface area (Å²) in [4.78, 5) is 13.6. The zero-order valence-electron chi connectivity index (χ0n) is 22.3. The van der Waals surface area contributed by atoms with Crippen molar-refractivity contribution in [3.63, 3.8) is 0 Å². The van der Waals surface area contributed by atoms with Crippen molar-refractivity contribution in [1.82, 2.24) is 0 Å². The van der Waals surface area contributed by atoms with E-state index in [2.05, 4.69) is 53.7 Å². The van der Waals surface area contributed by atoms with Gasteiger partial charge in [-0.3, -0.25) is 4.79 Å². The number of rotatable bonds is 3. The number of hydrogen-bond acceptors (Lipinski definition) is 4. The van der Waals surface area contributed by atoms with Gasteiger partial charge in [-0.2, -0.15) is 0 Å². The molecule has 0 saturated carbocycles. The summed E-state index contributed by atoms with van der Waals surface area (Å²) in [5.74, 6) is 0.697. The molecule has 1 aromatic heterocycles. The number of carbonyl (C=O) groups excluding carboxylic acids is 1. The third kappa shape index (κ3) is 4.84. The number of para-hydroxylation sites is 1. The molecule has 4 nitrogen and oxygen atoms in total. The van der Waals surface area contributed by atoms with Gasteiger partial charge in [-0.1, -0.05) is 96.1 Å². The lowest BCUT2D eigenvalue weighted by Crippen LogP contribution is -2.28. The number of furan rings is 1. The van der Waals surface area contributed by atoms with Gasteiger partial charge in [0.1, 0.15) is 11.3 Å². The molecule has 186 valence electrons. The Kier molecular flexibility index (Phi) is 6.07. The van der Waals surface area contributed by atoms with Crippen LogP contribution in [-0.2, 0) is 4.79 Å². The highest BCUT2D eigenvalue weighted by atomic mass is 16.3. The van der Waals surface area contributed by atoms with Crippen LogP contribution in [0.3, 0.4) is 0 Å². The fraction of sp³-hybridized carbons (Fsp3) is 0.242. The molecule has 0 saturated heterocycles. The van der Waals surface area contributed by atoms with E-state index >= 15 is 0 Å². The summed E-state index contributed by atoms with van der Waals surface area (Å²) in [6, 6.07) is 24.0. The topological polar surface area (TPSA) is 54.9 Å². The number of ketones is 1. The van der Waals surface area contributed by atoms with Gasteiger partial charge in [-0.25, -0.2) is 0 Å². The number of carbonyl (C=O) groups is 1. The Bertz CT molecular complexity index is 1570. The summed E-state index contributed by atoms with van der Waals surface area (Å²) in [6.07, 6.45) is 3.92. The Balaban J connectivity index is 1.78. The molecule has 3 aromatic carbocycles. The van der Waals surface area contributed by atoms with E-state index in [0.717, 1.165) is 44.1 Å². The van der Waals surface area contributed by atoms with Crippen LogP contribution in [0.25, 0.3) is 27.4 Å². The molecule has 1 heterocycles. The number of Topliss-reactive ketones (excluding diaryl/α,β-unsaturated/α-hetero) is 1. The number of allylic oxidation sites excluding steroid dienone is 5.